The maximum atomic E-state index is 16.0. The van der Waals surface area contributed by atoms with Gasteiger partial charge in [-0.05, 0) is 44.6 Å². The molecule has 0 spiro atoms. The molecule has 1 atom stereocenters. The lowest BCUT2D eigenvalue weighted by atomic mass is 9.89. The van der Waals surface area contributed by atoms with Crippen molar-refractivity contribution in [2.45, 2.75) is 50.5 Å². The van der Waals surface area contributed by atoms with Gasteiger partial charge in [-0.25, -0.2) is 18.8 Å². The van der Waals surface area contributed by atoms with Crippen molar-refractivity contribution in [3.63, 3.8) is 0 Å². The van der Waals surface area contributed by atoms with Gasteiger partial charge >= 0.3 is 0 Å². The number of rotatable bonds is 6. The molecule has 1 aromatic carbocycles. The van der Waals surface area contributed by atoms with Gasteiger partial charge in [-0.3, -0.25) is 19.7 Å². The number of nitrogens with zero attached hydrogens (tertiary/aromatic N) is 4. The number of aromatic nitrogens is 1. The van der Waals surface area contributed by atoms with Gasteiger partial charge in [0.05, 0.1) is 16.5 Å². The summed E-state index contributed by atoms with van der Waals surface area (Å²) in [6.07, 6.45) is 6.41. The van der Waals surface area contributed by atoms with Gasteiger partial charge in [-0.1, -0.05) is 0 Å². The number of hydrazine groups is 1. The summed E-state index contributed by atoms with van der Waals surface area (Å²) < 4.78 is 32.8. The van der Waals surface area contributed by atoms with E-state index < -0.39 is 39.9 Å². The number of benzene rings is 1. The SMILES string of the molecule is O=C(C[N+](=O)[O-])c1cn(C2CC2)c2c(F)c(C3CCCN(N4CCCC4)C3)c(F)cc2c1=O. The highest BCUT2D eigenvalue weighted by atomic mass is 19.1. The molecule has 0 amide bonds. The standard InChI is InChI=1S/C23H26F2N4O4/c24-18-10-16-22(28(15-5-6-15)12-17(23(16)31)19(30)13-29(32)33)21(25)20(18)14-4-3-9-27(11-14)26-7-1-2-8-26/h10,12,14-15H,1-9,11,13H2. The molecule has 33 heavy (non-hydrogen) atoms. The van der Waals surface area contributed by atoms with E-state index in [9.17, 15) is 19.7 Å². The number of piperidine rings is 1. The molecule has 5 rings (SSSR count). The molecular formula is C23H26F2N4O4. The normalized spacial score (nSPS) is 22.2. The van der Waals surface area contributed by atoms with E-state index in [1.165, 1.54) is 10.8 Å². The summed E-state index contributed by atoms with van der Waals surface area (Å²) >= 11 is 0. The minimum Gasteiger partial charge on any atom is -0.341 e. The fourth-order valence-corrected chi connectivity index (χ4v) is 5.31. The van der Waals surface area contributed by atoms with Crippen LogP contribution >= 0.6 is 0 Å². The van der Waals surface area contributed by atoms with Crippen LogP contribution in [0, 0.1) is 21.7 Å². The Kier molecular flexibility index (Phi) is 5.74. The Morgan fingerprint density at radius 3 is 2.45 bits per heavy atom. The minimum absolute atomic E-state index is 0.00477. The highest BCUT2D eigenvalue weighted by Gasteiger charge is 2.34. The molecule has 1 aromatic heterocycles. The Hall–Kier alpha value is -2.72. The van der Waals surface area contributed by atoms with Gasteiger partial charge in [0, 0.05) is 54.8 Å². The molecule has 3 aliphatic rings. The second-order valence-corrected chi connectivity index (χ2v) is 9.32. The van der Waals surface area contributed by atoms with Crippen LogP contribution in [0.25, 0.3) is 10.9 Å². The number of pyridine rings is 1. The smallest absolute Gasteiger partial charge is 0.266 e. The first-order valence-electron chi connectivity index (χ1n) is 11.6. The Labute approximate surface area is 188 Å². The molecule has 0 N–H and O–H groups in total. The molecule has 1 unspecified atom stereocenters. The van der Waals surface area contributed by atoms with Crippen molar-refractivity contribution < 1.29 is 18.5 Å². The predicted molar refractivity (Wildman–Crippen MR) is 117 cm³/mol. The number of hydrogen-bond acceptors (Lipinski definition) is 6. The number of carbonyl (C=O) groups excluding carboxylic acids is 1. The molecule has 1 saturated carbocycles. The monoisotopic (exact) mass is 460 g/mol. The summed E-state index contributed by atoms with van der Waals surface area (Å²) in [5.74, 6) is -2.86. The molecule has 3 fully saturated rings. The molecule has 1 aliphatic carbocycles. The van der Waals surface area contributed by atoms with Gasteiger partial charge in [0.15, 0.2) is 5.82 Å². The van der Waals surface area contributed by atoms with Gasteiger partial charge in [0.1, 0.15) is 5.82 Å². The maximum absolute atomic E-state index is 16.0. The quantitative estimate of drug-likeness (QED) is 0.374. The first-order valence-corrected chi connectivity index (χ1v) is 11.6. The first-order chi connectivity index (χ1) is 15.8. The van der Waals surface area contributed by atoms with Crippen LogP contribution < -0.4 is 5.43 Å². The predicted octanol–water partition coefficient (Wildman–Crippen LogP) is 3.26. The Balaban J connectivity index is 1.60. The molecule has 8 nitrogen and oxygen atoms in total. The summed E-state index contributed by atoms with van der Waals surface area (Å²) in [5, 5.41) is 15.0. The number of hydrogen-bond donors (Lipinski definition) is 0. The Bertz CT molecular complexity index is 1190. The van der Waals surface area contributed by atoms with E-state index in [1.807, 2.05) is 0 Å². The van der Waals surface area contributed by atoms with Crippen molar-refractivity contribution in [3.05, 3.63) is 55.4 Å². The second kappa shape index (κ2) is 8.57. The fourth-order valence-electron chi connectivity index (χ4n) is 5.31. The molecule has 0 bridgehead atoms. The maximum Gasteiger partial charge on any atom is 0.266 e. The molecule has 2 aliphatic heterocycles. The van der Waals surface area contributed by atoms with Crippen molar-refractivity contribution in [1.82, 2.24) is 14.6 Å². The highest BCUT2D eigenvalue weighted by Crippen LogP contribution is 2.40. The number of nitro groups is 1. The zero-order chi connectivity index (χ0) is 23.3. The number of halogens is 2. The van der Waals surface area contributed by atoms with E-state index in [-0.39, 0.29) is 28.4 Å². The van der Waals surface area contributed by atoms with Gasteiger partial charge < -0.3 is 4.57 Å². The molecule has 0 radical (unpaired) electrons. The number of fused-ring (bicyclic) bond motifs is 1. The first kappa shape index (κ1) is 22.1. The fraction of sp³-hybridized carbons (Fsp3) is 0.565. The van der Waals surface area contributed by atoms with E-state index in [0.717, 1.165) is 57.8 Å². The van der Waals surface area contributed by atoms with Gasteiger partial charge in [-0.15, -0.1) is 0 Å². The lowest BCUT2D eigenvalue weighted by Gasteiger charge is -2.38. The van der Waals surface area contributed by atoms with E-state index in [1.54, 1.807) is 0 Å². The molecule has 3 heterocycles. The summed E-state index contributed by atoms with van der Waals surface area (Å²) in [4.78, 5) is 35.2. The van der Waals surface area contributed by atoms with Crippen LogP contribution in [0.1, 0.15) is 66.4 Å². The molecule has 2 saturated heterocycles. The van der Waals surface area contributed by atoms with Crippen molar-refractivity contribution in [3.8, 4) is 0 Å². The average molecular weight is 460 g/mol. The van der Waals surface area contributed by atoms with Crippen LogP contribution in [0.4, 0.5) is 8.78 Å². The van der Waals surface area contributed by atoms with Gasteiger partial charge in [-0.2, -0.15) is 0 Å². The number of ketones is 1. The van der Waals surface area contributed by atoms with Gasteiger partial charge in [0.25, 0.3) is 6.54 Å². The topological polar surface area (TPSA) is 88.7 Å². The Morgan fingerprint density at radius 2 is 1.79 bits per heavy atom. The summed E-state index contributed by atoms with van der Waals surface area (Å²) in [6, 6.07) is 0.905. The van der Waals surface area contributed by atoms with E-state index in [0.29, 0.717) is 13.0 Å². The highest BCUT2D eigenvalue weighted by molar-refractivity contribution is 5.99. The van der Waals surface area contributed by atoms with E-state index in [4.69, 9.17) is 0 Å². The zero-order valence-electron chi connectivity index (χ0n) is 18.3. The van der Waals surface area contributed by atoms with Crippen molar-refractivity contribution in [2.75, 3.05) is 32.7 Å². The third-order valence-corrected chi connectivity index (χ3v) is 7.05. The second-order valence-electron chi connectivity index (χ2n) is 9.32. The van der Waals surface area contributed by atoms with Crippen LogP contribution in [-0.4, -0.2) is 58.0 Å². The third kappa shape index (κ3) is 4.06. The van der Waals surface area contributed by atoms with Crippen LogP contribution in [-0.2, 0) is 0 Å². The van der Waals surface area contributed by atoms with E-state index >= 15 is 8.78 Å². The summed E-state index contributed by atoms with van der Waals surface area (Å²) in [6.45, 7) is 2.26. The molecule has 2 aromatic rings. The molecule has 176 valence electrons. The zero-order valence-corrected chi connectivity index (χ0v) is 18.3. The van der Waals surface area contributed by atoms with Crippen LogP contribution in [0.15, 0.2) is 17.1 Å². The number of Topliss-reactive ketones (excluding diaryl/α,β-unsaturated/α-hetero) is 1. The van der Waals surface area contributed by atoms with Crippen LogP contribution in [0.3, 0.4) is 0 Å². The average Bonchev–Trinajstić information content (AvgIpc) is 3.47. The van der Waals surface area contributed by atoms with Gasteiger partial charge in [0.2, 0.25) is 11.2 Å². The lowest BCUT2D eigenvalue weighted by molar-refractivity contribution is -0.465. The van der Waals surface area contributed by atoms with Crippen molar-refractivity contribution in [2.24, 2.45) is 0 Å². The summed E-state index contributed by atoms with van der Waals surface area (Å²) in [5.41, 5.74) is -1.27. The third-order valence-electron chi connectivity index (χ3n) is 7.05. The number of carbonyl (C=O) groups is 1. The van der Waals surface area contributed by atoms with Crippen molar-refractivity contribution >= 4 is 16.7 Å². The molecular weight excluding hydrogens is 434 g/mol. The summed E-state index contributed by atoms with van der Waals surface area (Å²) in [7, 11) is 0. The molecule has 10 heteroatoms. The lowest BCUT2D eigenvalue weighted by Crippen LogP contribution is -2.46. The van der Waals surface area contributed by atoms with E-state index in [2.05, 4.69) is 10.0 Å². The minimum atomic E-state index is -1.04. The van der Waals surface area contributed by atoms with Crippen LogP contribution in [0.2, 0.25) is 0 Å². The van der Waals surface area contributed by atoms with Crippen LogP contribution in [0.5, 0.6) is 0 Å². The largest absolute Gasteiger partial charge is 0.341 e. The van der Waals surface area contributed by atoms with Crippen molar-refractivity contribution in [1.29, 1.82) is 0 Å². The Morgan fingerprint density at radius 1 is 1.09 bits per heavy atom.